The van der Waals surface area contributed by atoms with Gasteiger partial charge in [-0.1, -0.05) is 437 Å². The standard InChI is InChI=1S/3C44H28O/c1-2-12-29(13-3-1)30-14-10-16-33(26-30)43-37-19-4-6-21-39(37)44(40-22-7-5-20-38(40)43)34-17-11-15-31(27-34)32-24-25-36-35-18-8-9-23-41(35)45-42(36)28-32;1-2-11-29(12-3-1)30-21-23-31(24-22-30)43-37-16-4-6-18-39(37)44(40-19-7-5-17-38(40)43)34-14-10-13-32(27-34)33-25-26-36-35-15-8-9-20-41(35)45-42(36)28-33;1-2-12-29(13-3-1)30-22-24-31(25-23-30)43-37-17-6-8-19-39(37)44(40-20-9-7-18-38(40)43)36-16-5-4-14-33(36)32-26-27-35-34-15-10-11-21-41(34)45-42(35)28-32/h3*1-28H. The van der Waals surface area contributed by atoms with Crippen molar-refractivity contribution in [2.24, 2.45) is 0 Å². The van der Waals surface area contributed by atoms with E-state index in [4.69, 9.17) is 13.3 Å². The summed E-state index contributed by atoms with van der Waals surface area (Å²) in [6.07, 6.45) is 0. The van der Waals surface area contributed by atoms with Crippen LogP contribution in [0.2, 0.25) is 0 Å². The first-order valence-electron chi connectivity index (χ1n) is 46.3. The number of fused-ring (bicyclic) bond motifs is 15. The van der Waals surface area contributed by atoms with Gasteiger partial charge in [0.05, 0.1) is 0 Å². The normalized spacial score (nSPS) is 11.6. The van der Waals surface area contributed by atoms with Gasteiger partial charge < -0.3 is 13.3 Å². The molecule has 0 saturated carbocycles. The smallest absolute Gasteiger partial charge is 0.136 e. The second kappa shape index (κ2) is 33.9. The zero-order chi connectivity index (χ0) is 89.2. The molecule has 135 heavy (non-hydrogen) atoms. The Labute approximate surface area is 781 Å². The van der Waals surface area contributed by atoms with Crippen molar-refractivity contribution in [3.05, 3.63) is 510 Å². The molecule has 27 rings (SSSR count). The number of hydrogen-bond donors (Lipinski definition) is 0. The van der Waals surface area contributed by atoms with Crippen LogP contribution < -0.4 is 0 Å². The van der Waals surface area contributed by atoms with Crippen LogP contribution in [0.25, 0.3) is 264 Å². The number of hydrogen-bond acceptors (Lipinski definition) is 3. The van der Waals surface area contributed by atoms with E-state index in [2.05, 4.69) is 473 Å². The third kappa shape index (κ3) is 14.3. The molecule has 0 amide bonds. The largest absolute Gasteiger partial charge is 0.456 e. The molecule has 3 nitrogen and oxygen atoms in total. The first kappa shape index (κ1) is 79.4. The third-order valence-corrected chi connectivity index (χ3v) is 27.2. The molecule has 630 valence electrons. The predicted octanol–water partition coefficient (Wildman–Crippen LogP) is 37.7. The lowest BCUT2D eigenvalue weighted by Crippen LogP contribution is -1.92. The summed E-state index contributed by atoms with van der Waals surface area (Å²) in [4.78, 5) is 0. The average Bonchev–Trinajstić information content (AvgIpc) is 1.58. The molecule has 0 N–H and O–H groups in total. The Bertz CT molecular complexity index is 9090. The zero-order valence-electron chi connectivity index (χ0n) is 73.7. The van der Waals surface area contributed by atoms with Gasteiger partial charge in [-0.25, -0.2) is 0 Å². The number of furan rings is 3. The van der Waals surface area contributed by atoms with Gasteiger partial charge >= 0.3 is 0 Å². The Balaban J connectivity index is 0.000000108. The van der Waals surface area contributed by atoms with Crippen LogP contribution in [-0.2, 0) is 0 Å². The highest BCUT2D eigenvalue weighted by Gasteiger charge is 2.24. The molecule has 0 aliphatic heterocycles. The molecule has 3 heterocycles. The van der Waals surface area contributed by atoms with E-state index in [-0.39, 0.29) is 0 Å². The minimum absolute atomic E-state index is 0.910. The van der Waals surface area contributed by atoms with Gasteiger partial charge in [0, 0.05) is 32.3 Å². The fourth-order valence-electron chi connectivity index (χ4n) is 21.0. The van der Waals surface area contributed by atoms with Crippen molar-refractivity contribution in [3.8, 4) is 134 Å². The van der Waals surface area contributed by atoms with Crippen LogP contribution in [0.4, 0.5) is 0 Å². The minimum atomic E-state index is 0.910. The fraction of sp³-hybridized carbons (Fsp3) is 0. The summed E-state index contributed by atoms with van der Waals surface area (Å²) in [6.45, 7) is 0. The number of para-hydroxylation sites is 3. The van der Waals surface area contributed by atoms with Crippen LogP contribution >= 0.6 is 0 Å². The Morgan fingerprint density at radius 1 is 0.0889 bits per heavy atom. The van der Waals surface area contributed by atoms with Gasteiger partial charge in [-0.3, -0.25) is 0 Å². The van der Waals surface area contributed by atoms with Crippen molar-refractivity contribution in [1.29, 1.82) is 0 Å². The van der Waals surface area contributed by atoms with E-state index >= 15 is 0 Å². The predicted molar refractivity (Wildman–Crippen MR) is 571 cm³/mol. The highest BCUT2D eigenvalue weighted by molar-refractivity contribution is 6.26. The van der Waals surface area contributed by atoms with Gasteiger partial charge in [0.1, 0.15) is 33.5 Å². The first-order chi connectivity index (χ1) is 67.0. The maximum Gasteiger partial charge on any atom is 0.136 e. The first-order valence-corrected chi connectivity index (χ1v) is 46.3. The summed E-state index contributed by atoms with van der Waals surface area (Å²) in [6, 6.07) is 183. The van der Waals surface area contributed by atoms with Crippen LogP contribution in [0.15, 0.2) is 523 Å². The lowest BCUT2D eigenvalue weighted by Gasteiger charge is -2.20. The molecule has 0 saturated heterocycles. The van der Waals surface area contributed by atoms with Crippen molar-refractivity contribution in [3.63, 3.8) is 0 Å². The molecular formula is C132H84O3. The quantitative estimate of drug-likeness (QED) is 0.114. The topological polar surface area (TPSA) is 39.4 Å². The number of benzene rings is 24. The molecular weight excluding hydrogens is 1630 g/mol. The minimum Gasteiger partial charge on any atom is -0.456 e. The van der Waals surface area contributed by atoms with E-state index in [1.807, 2.05) is 36.4 Å². The van der Waals surface area contributed by atoms with Gasteiger partial charge in [0.2, 0.25) is 0 Å². The number of rotatable bonds is 12. The summed E-state index contributed by atoms with van der Waals surface area (Å²) >= 11 is 0. The Morgan fingerprint density at radius 2 is 0.274 bits per heavy atom. The van der Waals surface area contributed by atoms with Crippen molar-refractivity contribution in [2.75, 3.05) is 0 Å². The molecule has 0 unspecified atom stereocenters. The van der Waals surface area contributed by atoms with Gasteiger partial charge in [-0.05, 0) is 271 Å². The lowest BCUT2D eigenvalue weighted by atomic mass is 9.83. The maximum atomic E-state index is 6.30. The van der Waals surface area contributed by atoms with E-state index < -0.39 is 0 Å². The van der Waals surface area contributed by atoms with E-state index in [1.165, 1.54) is 181 Å². The molecule has 0 aliphatic carbocycles. The van der Waals surface area contributed by atoms with Crippen molar-refractivity contribution in [1.82, 2.24) is 0 Å². The van der Waals surface area contributed by atoms with Crippen LogP contribution in [0.1, 0.15) is 0 Å². The average molecular weight is 1720 g/mol. The highest BCUT2D eigenvalue weighted by Crippen LogP contribution is 2.51. The molecule has 3 aromatic heterocycles. The van der Waals surface area contributed by atoms with E-state index in [9.17, 15) is 0 Å². The molecule has 0 spiro atoms. The molecule has 24 aromatic carbocycles. The lowest BCUT2D eigenvalue weighted by molar-refractivity contribution is 0.668. The van der Waals surface area contributed by atoms with Crippen LogP contribution in [0.3, 0.4) is 0 Å². The van der Waals surface area contributed by atoms with E-state index in [0.717, 1.165) is 82.5 Å². The Hall–Kier alpha value is -17.8. The van der Waals surface area contributed by atoms with Gasteiger partial charge in [0.15, 0.2) is 0 Å². The molecule has 0 aliphatic rings. The van der Waals surface area contributed by atoms with Crippen LogP contribution in [0, 0.1) is 0 Å². The molecule has 27 aromatic rings. The van der Waals surface area contributed by atoms with Crippen molar-refractivity contribution in [2.45, 2.75) is 0 Å². The summed E-state index contributed by atoms with van der Waals surface area (Å²) in [5.41, 5.74) is 34.7. The second-order valence-corrected chi connectivity index (χ2v) is 35.0. The summed E-state index contributed by atoms with van der Waals surface area (Å²) in [5, 5.41) is 21.9. The van der Waals surface area contributed by atoms with Crippen molar-refractivity contribution >= 4 is 130 Å². The molecule has 0 fully saturated rings. The van der Waals surface area contributed by atoms with E-state index in [1.54, 1.807) is 0 Å². The van der Waals surface area contributed by atoms with Crippen molar-refractivity contribution < 1.29 is 13.3 Å². The Kier molecular flexibility index (Phi) is 20.0. The third-order valence-electron chi connectivity index (χ3n) is 27.2. The van der Waals surface area contributed by atoms with Gasteiger partial charge in [0.25, 0.3) is 0 Å². The Morgan fingerprint density at radius 3 is 0.593 bits per heavy atom. The molecule has 0 bridgehead atoms. The summed E-state index contributed by atoms with van der Waals surface area (Å²) in [5.74, 6) is 0. The van der Waals surface area contributed by atoms with Gasteiger partial charge in [-0.2, -0.15) is 0 Å². The molecule has 0 radical (unpaired) electrons. The molecule has 0 atom stereocenters. The summed E-state index contributed by atoms with van der Waals surface area (Å²) in [7, 11) is 0. The molecule has 3 heteroatoms. The highest BCUT2D eigenvalue weighted by atomic mass is 16.3. The van der Waals surface area contributed by atoms with Crippen LogP contribution in [-0.4, -0.2) is 0 Å². The van der Waals surface area contributed by atoms with E-state index in [0.29, 0.717) is 0 Å². The van der Waals surface area contributed by atoms with Crippen LogP contribution in [0.5, 0.6) is 0 Å². The maximum absolute atomic E-state index is 6.30. The SMILES string of the molecule is c1ccc(-c2ccc(-c3c4ccccc4c(-c4cccc(-c5ccc6c(c5)oc5ccccc56)c4)c4ccccc34)cc2)cc1.c1ccc(-c2ccc(-c3c4ccccc4c(-c4ccccc4-c4ccc5c(c4)oc4ccccc45)c4ccccc34)cc2)cc1.c1ccc(-c2cccc(-c3c4ccccc4c(-c4cccc(-c5ccc6c(c5)oc5ccccc56)c4)c4ccccc34)c2)cc1. The fourth-order valence-corrected chi connectivity index (χ4v) is 21.0. The monoisotopic (exact) mass is 1720 g/mol. The second-order valence-electron chi connectivity index (χ2n) is 35.0. The summed E-state index contributed by atoms with van der Waals surface area (Å²) < 4.78 is 18.8. The zero-order valence-corrected chi connectivity index (χ0v) is 73.7. The van der Waals surface area contributed by atoms with Gasteiger partial charge in [-0.15, -0.1) is 0 Å².